The Hall–Kier alpha value is -2.72. The fraction of sp³-hybridized carbons (Fsp3) is 0.444. The number of aromatic nitrogens is 3. The van der Waals surface area contributed by atoms with Gasteiger partial charge in [0, 0.05) is 22.4 Å². The van der Waals surface area contributed by atoms with Gasteiger partial charge in [0.2, 0.25) is 11.5 Å². The molecule has 0 fully saturated rings. The molecule has 1 unspecified atom stereocenters. The fourth-order valence-corrected chi connectivity index (χ4v) is 3.06. The van der Waals surface area contributed by atoms with Crippen LogP contribution in [0.4, 0.5) is 5.82 Å². The van der Waals surface area contributed by atoms with Gasteiger partial charge in [-0.3, -0.25) is 14.4 Å². The van der Waals surface area contributed by atoms with Crippen LogP contribution in [0.5, 0.6) is 0 Å². The number of aliphatic hydroxyl groups excluding tert-OH is 1. The second-order valence-electron chi connectivity index (χ2n) is 9.98. The van der Waals surface area contributed by atoms with E-state index in [9.17, 15) is 19.5 Å². The Labute approximate surface area is 246 Å². The van der Waals surface area contributed by atoms with Gasteiger partial charge in [-0.25, -0.2) is 9.97 Å². The van der Waals surface area contributed by atoms with Gasteiger partial charge in [0.25, 0.3) is 0 Å². The molecule has 3 aromatic rings. The van der Waals surface area contributed by atoms with Crippen LogP contribution < -0.4 is 10.9 Å². The molecule has 0 spiro atoms. The number of pyridine rings is 3. The highest BCUT2D eigenvalue weighted by Gasteiger charge is 2.26. The first-order chi connectivity index (χ1) is 16.5. The average molecular weight is 606 g/mol. The predicted octanol–water partition coefficient (Wildman–Crippen LogP) is 6.76. The van der Waals surface area contributed by atoms with Crippen molar-refractivity contribution < 1.29 is 19.4 Å². The largest absolute Gasteiger partial charge is 0.460 e. The third-order valence-corrected chi connectivity index (χ3v) is 4.91. The summed E-state index contributed by atoms with van der Waals surface area (Å²) < 4.78 is 5.20. The lowest BCUT2D eigenvalue weighted by Crippen LogP contribution is -2.29. The molecule has 3 aromatic heterocycles. The Morgan fingerprint density at radius 2 is 1.51 bits per heavy atom. The molecule has 3 N–H and O–H groups in total. The normalized spacial score (nSPS) is 11.4. The molecule has 1 amide bonds. The van der Waals surface area contributed by atoms with Gasteiger partial charge in [0.1, 0.15) is 27.4 Å². The van der Waals surface area contributed by atoms with Crippen molar-refractivity contribution in [2.24, 2.45) is 5.41 Å². The van der Waals surface area contributed by atoms with E-state index in [1.165, 1.54) is 18.2 Å². The van der Waals surface area contributed by atoms with Crippen molar-refractivity contribution in [1.29, 1.82) is 0 Å². The van der Waals surface area contributed by atoms with Gasteiger partial charge in [-0.2, -0.15) is 0 Å². The first-order valence-electron chi connectivity index (χ1n) is 11.1. The summed E-state index contributed by atoms with van der Waals surface area (Å²) in [6.07, 6.45) is -1.42. The summed E-state index contributed by atoms with van der Waals surface area (Å²) >= 11 is 11.5. The zero-order valence-corrected chi connectivity index (χ0v) is 23.7. The molecule has 0 saturated carbocycles. The number of anilines is 1. The molecule has 218 valence electrons. The molecule has 0 bridgehead atoms. The number of hydrogen-bond donors (Lipinski definition) is 3. The van der Waals surface area contributed by atoms with E-state index in [1.54, 1.807) is 59.7 Å². The number of aliphatic hydroxyl groups is 1. The topological polar surface area (TPSA) is 134 Å². The highest BCUT2D eigenvalue weighted by molar-refractivity contribution is 6.30. The lowest BCUT2D eigenvalue weighted by Gasteiger charge is -2.22. The molecule has 3 rings (SSSR count). The Bertz CT molecular complexity index is 1300. The molecule has 0 aliphatic rings. The van der Waals surface area contributed by atoms with E-state index in [0.717, 1.165) is 5.39 Å². The Kier molecular flexibility index (Phi) is 15.5. The maximum atomic E-state index is 12.2. The van der Waals surface area contributed by atoms with Crippen molar-refractivity contribution in [2.75, 3.05) is 5.32 Å². The number of carbonyl (C=O) groups is 2. The van der Waals surface area contributed by atoms with E-state index in [1.807, 2.05) is 0 Å². The van der Waals surface area contributed by atoms with Crippen molar-refractivity contribution in [3.8, 4) is 0 Å². The van der Waals surface area contributed by atoms with Gasteiger partial charge in [0.05, 0.1) is 12.5 Å². The fourth-order valence-electron chi connectivity index (χ4n) is 2.77. The van der Waals surface area contributed by atoms with Gasteiger partial charge in [-0.1, -0.05) is 58.8 Å². The number of nitrogens with one attached hydrogen (secondary N) is 2. The second-order valence-corrected chi connectivity index (χ2v) is 10.8. The molecule has 0 aliphatic carbocycles. The summed E-state index contributed by atoms with van der Waals surface area (Å²) in [6.45, 7) is 10.5. The Morgan fingerprint density at radius 1 is 0.974 bits per heavy atom. The number of nitrogens with zero attached hydrogens (tertiary/aromatic N) is 2. The summed E-state index contributed by atoms with van der Waals surface area (Å²) in [4.78, 5) is 45.5. The van der Waals surface area contributed by atoms with Crippen LogP contribution in [-0.4, -0.2) is 37.5 Å². The Balaban J connectivity index is 0. The number of fused-ring (bicyclic) bond motifs is 1. The molecule has 0 radical (unpaired) electrons. The first-order valence-corrected chi connectivity index (χ1v) is 11.8. The van der Waals surface area contributed by atoms with Crippen molar-refractivity contribution in [2.45, 2.75) is 74.5 Å². The molecule has 9 nitrogen and oxygen atoms in total. The maximum absolute atomic E-state index is 12.2. The first kappa shape index (κ1) is 38.4. The number of ether oxygens (including phenoxy) is 1. The summed E-state index contributed by atoms with van der Waals surface area (Å²) in [7, 11) is 0. The number of amides is 1. The third-order valence-electron chi connectivity index (χ3n) is 4.49. The van der Waals surface area contributed by atoms with E-state index in [-0.39, 0.29) is 56.1 Å². The van der Waals surface area contributed by atoms with E-state index in [0.29, 0.717) is 16.4 Å². The van der Waals surface area contributed by atoms with Crippen molar-refractivity contribution in [3.63, 3.8) is 0 Å². The van der Waals surface area contributed by atoms with Crippen LogP contribution in [0.3, 0.4) is 0 Å². The molecule has 39 heavy (non-hydrogen) atoms. The lowest BCUT2D eigenvalue weighted by molar-refractivity contribution is -0.157. The SMILES string of the molecule is C.C.CC(C)(C)OC(=O)CC(O)c1ccc(Cl)nc1NC(=O)C(C)(C)C.Cl.O=c1ccc2ccc(Cl)nc2[nH]1. The minimum Gasteiger partial charge on any atom is -0.460 e. The zero-order chi connectivity index (χ0) is 27.3. The lowest BCUT2D eigenvalue weighted by atomic mass is 9.95. The van der Waals surface area contributed by atoms with Crippen LogP contribution >= 0.6 is 35.6 Å². The molecule has 1 atom stereocenters. The van der Waals surface area contributed by atoms with Crippen molar-refractivity contribution in [1.82, 2.24) is 15.0 Å². The number of esters is 1. The minimum absolute atomic E-state index is 0. The quantitative estimate of drug-likeness (QED) is 0.221. The van der Waals surface area contributed by atoms with Crippen LogP contribution in [0, 0.1) is 5.41 Å². The zero-order valence-electron chi connectivity index (χ0n) is 21.4. The number of H-pyrrole nitrogens is 1. The highest BCUT2D eigenvalue weighted by atomic mass is 35.5. The van der Waals surface area contributed by atoms with Gasteiger partial charge < -0.3 is 20.1 Å². The number of hydrogen-bond acceptors (Lipinski definition) is 7. The molecule has 0 saturated heterocycles. The van der Waals surface area contributed by atoms with E-state index >= 15 is 0 Å². The van der Waals surface area contributed by atoms with Gasteiger partial charge >= 0.3 is 5.97 Å². The second kappa shape index (κ2) is 15.8. The molecule has 0 aromatic carbocycles. The van der Waals surface area contributed by atoms with Crippen molar-refractivity contribution in [3.05, 3.63) is 62.6 Å². The minimum atomic E-state index is -1.17. The summed E-state index contributed by atoms with van der Waals surface area (Å²) in [5.41, 5.74) is -0.620. The summed E-state index contributed by atoms with van der Waals surface area (Å²) in [6, 6.07) is 9.67. The number of aromatic amines is 1. The van der Waals surface area contributed by atoms with Crippen LogP contribution in [0.1, 0.15) is 74.5 Å². The number of carbonyl (C=O) groups excluding carboxylic acids is 2. The van der Waals surface area contributed by atoms with Crippen LogP contribution in [-0.2, 0) is 14.3 Å². The number of halogens is 3. The summed E-state index contributed by atoms with van der Waals surface area (Å²) in [5, 5.41) is 14.4. The maximum Gasteiger partial charge on any atom is 0.309 e. The van der Waals surface area contributed by atoms with E-state index in [4.69, 9.17) is 27.9 Å². The van der Waals surface area contributed by atoms with Crippen LogP contribution in [0.2, 0.25) is 10.3 Å². The smallest absolute Gasteiger partial charge is 0.309 e. The third kappa shape index (κ3) is 12.8. The predicted molar refractivity (Wildman–Crippen MR) is 161 cm³/mol. The Morgan fingerprint density at radius 3 is 2.08 bits per heavy atom. The monoisotopic (exact) mass is 604 g/mol. The number of rotatable bonds is 4. The van der Waals surface area contributed by atoms with E-state index in [2.05, 4.69) is 20.3 Å². The molecule has 3 heterocycles. The van der Waals surface area contributed by atoms with Crippen LogP contribution in [0.25, 0.3) is 11.0 Å². The summed E-state index contributed by atoms with van der Waals surface area (Å²) in [5.74, 6) is -0.681. The molecular weight excluding hydrogens is 567 g/mol. The highest BCUT2D eigenvalue weighted by Crippen LogP contribution is 2.28. The standard InChI is InChI=1S/C17H25ClN2O4.C8H5ClN2O.2CH4.ClH/c1-16(2,3)15(23)20-14-10(7-8-12(18)19-14)11(21)9-13(22)24-17(4,5)6;9-6-3-1-5-2-4-7(12)11-8(5)10-6;;;/h7-8,11,21H,9H2,1-6H3,(H,19,20,23);1-4H,(H,10,11,12);2*1H4;1H. The van der Waals surface area contributed by atoms with Crippen molar-refractivity contribution >= 4 is 64.3 Å². The molecule has 12 heteroatoms. The molecular formula is C27H39Cl3N4O5. The van der Waals surface area contributed by atoms with Crippen LogP contribution in [0.15, 0.2) is 41.2 Å². The average Bonchev–Trinajstić information content (AvgIpc) is 2.71. The molecule has 0 aliphatic heterocycles. The van der Waals surface area contributed by atoms with Gasteiger partial charge in [-0.15, -0.1) is 12.4 Å². The van der Waals surface area contributed by atoms with Gasteiger partial charge in [0.15, 0.2) is 0 Å². The van der Waals surface area contributed by atoms with E-state index < -0.39 is 23.1 Å². The van der Waals surface area contributed by atoms with Gasteiger partial charge in [-0.05, 0) is 51.1 Å².